The average molecular weight is 226 g/mol. The lowest BCUT2D eigenvalue weighted by atomic mass is 9.91. The molecule has 0 bridgehead atoms. The zero-order valence-electron chi connectivity index (χ0n) is 8.69. The van der Waals surface area contributed by atoms with Gasteiger partial charge in [0.25, 0.3) is 0 Å². The van der Waals surface area contributed by atoms with E-state index in [1.54, 1.807) is 6.20 Å². The van der Waals surface area contributed by atoms with E-state index in [1.807, 2.05) is 12.1 Å². The lowest BCUT2D eigenvalue weighted by molar-refractivity contribution is 0.386. The second kappa shape index (κ2) is 4.81. The van der Waals surface area contributed by atoms with Gasteiger partial charge in [-0.25, -0.2) is 4.98 Å². The largest absolute Gasteiger partial charge is 0.352 e. The van der Waals surface area contributed by atoms with Crippen LogP contribution in [-0.2, 0) is 0 Å². The number of rotatable bonds is 4. The second-order valence-electron chi connectivity index (χ2n) is 3.90. The fourth-order valence-electron chi connectivity index (χ4n) is 1.86. The molecule has 1 aliphatic rings. The van der Waals surface area contributed by atoms with E-state index in [9.17, 15) is 0 Å². The van der Waals surface area contributed by atoms with Gasteiger partial charge in [0.15, 0.2) is 0 Å². The molecule has 0 amide bonds. The normalized spacial score (nSPS) is 16.1. The standard InChI is InChI=1S/C11H16ClN3/c12-9-4-5-11(14-8-9)15(7-6-13)10-2-1-3-10/h4-5,8,10H,1-3,6-7,13H2. The quantitative estimate of drug-likeness (QED) is 0.853. The van der Waals surface area contributed by atoms with Gasteiger partial charge in [-0.15, -0.1) is 0 Å². The van der Waals surface area contributed by atoms with Gasteiger partial charge in [0.1, 0.15) is 5.82 Å². The lowest BCUT2D eigenvalue weighted by Crippen LogP contribution is -2.43. The molecular formula is C11H16ClN3. The first-order chi connectivity index (χ1) is 7.31. The van der Waals surface area contributed by atoms with Crippen LogP contribution in [0.25, 0.3) is 0 Å². The van der Waals surface area contributed by atoms with Crippen molar-refractivity contribution >= 4 is 17.4 Å². The van der Waals surface area contributed by atoms with Crippen LogP contribution in [0.4, 0.5) is 5.82 Å². The number of pyridine rings is 1. The predicted molar refractivity (Wildman–Crippen MR) is 63.3 cm³/mol. The molecule has 1 aliphatic carbocycles. The molecule has 0 saturated heterocycles. The first-order valence-electron chi connectivity index (χ1n) is 5.39. The summed E-state index contributed by atoms with van der Waals surface area (Å²) in [5.41, 5.74) is 5.62. The minimum Gasteiger partial charge on any atom is -0.352 e. The minimum absolute atomic E-state index is 0.627. The van der Waals surface area contributed by atoms with Crippen LogP contribution in [0.1, 0.15) is 19.3 Å². The SMILES string of the molecule is NCCN(c1ccc(Cl)cn1)C1CCC1. The molecule has 0 radical (unpaired) electrons. The maximum Gasteiger partial charge on any atom is 0.128 e. The third-order valence-corrected chi connectivity index (χ3v) is 3.12. The fourth-order valence-corrected chi connectivity index (χ4v) is 1.97. The highest BCUT2D eigenvalue weighted by atomic mass is 35.5. The molecular weight excluding hydrogens is 210 g/mol. The summed E-state index contributed by atoms with van der Waals surface area (Å²) >= 11 is 5.82. The molecule has 0 aliphatic heterocycles. The van der Waals surface area contributed by atoms with Gasteiger partial charge < -0.3 is 10.6 Å². The van der Waals surface area contributed by atoms with Crippen molar-refractivity contribution in [2.45, 2.75) is 25.3 Å². The van der Waals surface area contributed by atoms with Crippen molar-refractivity contribution in [2.75, 3.05) is 18.0 Å². The van der Waals surface area contributed by atoms with E-state index in [-0.39, 0.29) is 0 Å². The molecule has 0 unspecified atom stereocenters. The van der Waals surface area contributed by atoms with E-state index in [2.05, 4.69) is 9.88 Å². The Bertz CT molecular complexity index is 308. The van der Waals surface area contributed by atoms with Crippen LogP contribution in [0.3, 0.4) is 0 Å². The topological polar surface area (TPSA) is 42.1 Å². The first-order valence-corrected chi connectivity index (χ1v) is 5.77. The number of anilines is 1. The molecule has 2 rings (SSSR count). The van der Waals surface area contributed by atoms with Crippen molar-refractivity contribution in [2.24, 2.45) is 5.73 Å². The van der Waals surface area contributed by atoms with Crippen LogP contribution >= 0.6 is 11.6 Å². The second-order valence-corrected chi connectivity index (χ2v) is 4.34. The Hall–Kier alpha value is -0.800. The number of hydrogen-bond donors (Lipinski definition) is 1. The van der Waals surface area contributed by atoms with Crippen molar-refractivity contribution in [1.82, 2.24) is 4.98 Å². The third kappa shape index (κ3) is 2.41. The summed E-state index contributed by atoms with van der Waals surface area (Å²) in [6.45, 7) is 1.54. The van der Waals surface area contributed by atoms with Crippen LogP contribution in [0.2, 0.25) is 5.02 Å². The third-order valence-electron chi connectivity index (χ3n) is 2.89. The zero-order valence-corrected chi connectivity index (χ0v) is 9.45. The van der Waals surface area contributed by atoms with Gasteiger partial charge in [0, 0.05) is 25.3 Å². The number of nitrogens with zero attached hydrogens (tertiary/aromatic N) is 2. The summed E-state index contributed by atoms with van der Waals surface area (Å²) in [5, 5.41) is 0.681. The highest BCUT2D eigenvalue weighted by molar-refractivity contribution is 6.30. The van der Waals surface area contributed by atoms with E-state index in [0.717, 1.165) is 12.4 Å². The number of hydrogen-bond acceptors (Lipinski definition) is 3. The van der Waals surface area contributed by atoms with E-state index in [1.165, 1.54) is 19.3 Å². The summed E-state index contributed by atoms with van der Waals surface area (Å²) in [7, 11) is 0. The van der Waals surface area contributed by atoms with Crippen molar-refractivity contribution in [1.29, 1.82) is 0 Å². The maximum absolute atomic E-state index is 5.82. The first kappa shape index (κ1) is 10.7. The molecule has 1 fully saturated rings. The van der Waals surface area contributed by atoms with Crippen molar-refractivity contribution in [3.05, 3.63) is 23.4 Å². The lowest BCUT2D eigenvalue weighted by Gasteiger charge is -2.38. The zero-order chi connectivity index (χ0) is 10.7. The minimum atomic E-state index is 0.627. The van der Waals surface area contributed by atoms with Crippen LogP contribution < -0.4 is 10.6 Å². The molecule has 0 aromatic carbocycles. The summed E-state index contributed by atoms with van der Waals surface area (Å²) in [6, 6.07) is 4.48. The van der Waals surface area contributed by atoms with Crippen molar-refractivity contribution in [3.8, 4) is 0 Å². The van der Waals surface area contributed by atoms with Crippen LogP contribution in [0.15, 0.2) is 18.3 Å². The van der Waals surface area contributed by atoms with Crippen LogP contribution in [0, 0.1) is 0 Å². The molecule has 15 heavy (non-hydrogen) atoms. The molecule has 0 atom stereocenters. The van der Waals surface area contributed by atoms with Gasteiger partial charge in [-0.3, -0.25) is 0 Å². The summed E-state index contributed by atoms with van der Waals surface area (Å²) in [6.07, 6.45) is 5.52. The molecule has 4 heteroatoms. The molecule has 2 N–H and O–H groups in total. The van der Waals surface area contributed by atoms with Gasteiger partial charge in [-0.05, 0) is 31.4 Å². The Morgan fingerprint density at radius 3 is 2.73 bits per heavy atom. The molecule has 1 heterocycles. The highest BCUT2D eigenvalue weighted by Gasteiger charge is 2.25. The van der Waals surface area contributed by atoms with Gasteiger partial charge in [-0.2, -0.15) is 0 Å². The van der Waals surface area contributed by atoms with Gasteiger partial charge >= 0.3 is 0 Å². The van der Waals surface area contributed by atoms with Gasteiger partial charge in [0.05, 0.1) is 5.02 Å². The van der Waals surface area contributed by atoms with Crippen molar-refractivity contribution < 1.29 is 0 Å². The molecule has 3 nitrogen and oxygen atoms in total. The number of aromatic nitrogens is 1. The van der Waals surface area contributed by atoms with Crippen LogP contribution in [0.5, 0.6) is 0 Å². The van der Waals surface area contributed by atoms with Gasteiger partial charge in [0.2, 0.25) is 0 Å². The van der Waals surface area contributed by atoms with E-state index in [4.69, 9.17) is 17.3 Å². The maximum atomic E-state index is 5.82. The molecule has 1 aromatic heterocycles. The molecule has 0 spiro atoms. The predicted octanol–water partition coefficient (Wildman–Crippen LogP) is 2.05. The summed E-state index contributed by atoms with van der Waals surface area (Å²) in [4.78, 5) is 6.63. The molecule has 1 saturated carbocycles. The Morgan fingerprint density at radius 1 is 1.47 bits per heavy atom. The molecule has 1 aromatic rings. The Labute approximate surface area is 95.2 Å². The number of nitrogens with two attached hydrogens (primary N) is 1. The fraction of sp³-hybridized carbons (Fsp3) is 0.545. The summed E-state index contributed by atoms with van der Waals surface area (Å²) < 4.78 is 0. The Balaban J connectivity index is 2.12. The van der Waals surface area contributed by atoms with Crippen LogP contribution in [-0.4, -0.2) is 24.1 Å². The van der Waals surface area contributed by atoms with E-state index >= 15 is 0 Å². The average Bonchev–Trinajstić information content (AvgIpc) is 2.16. The smallest absolute Gasteiger partial charge is 0.128 e. The van der Waals surface area contributed by atoms with E-state index in [0.29, 0.717) is 17.6 Å². The van der Waals surface area contributed by atoms with E-state index < -0.39 is 0 Å². The highest BCUT2D eigenvalue weighted by Crippen LogP contribution is 2.28. The molecule has 82 valence electrons. The Kier molecular flexibility index (Phi) is 3.44. The van der Waals surface area contributed by atoms with Gasteiger partial charge in [-0.1, -0.05) is 11.6 Å². The summed E-state index contributed by atoms with van der Waals surface area (Å²) in [5.74, 6) is 0.995. The van der Waals surface area contributed by atoms with Crippen molar-refractivity contribution in [3.63, 3.8) is 0 Å². The number of halogens is 1. The Morgan fingerprint density at radius 2 is 2.27 bits per heavy atom. The monoisotopic (exact) mass is 225 g/mol.